The summed E-state index contributed by atoms with van der Waals surface area (Å²) in [6, 6.07) is 14.8. The minimum atomic E-state index is 0.288. The molecule has 0 unspecified atom stereocenters. The number of carbonyl (C=O) groups is 1. The number of fused-ring (bicyclic) bond motifs is 2. The normalized spacial score (nSPS) is 14.4. The molecule has 104 valence electrons. The molecule has 21 heavy (non-hydrogen) atoms. The lowest BCUT2D eigenvalue weighted by Crippen LogP contribution is -2.09. The van der Waals surface area contributed by atoms with Crippen LogP contribution in [0.4, 0.5) is 0 Å². The number of aromatic amines is 1. The van der Waals surface area contributed by atoms with Gasteiger partial charge in [-0.25, -0.2) is 0 Å². The van der Waals surface area contributed by atoms with Crippen molar-refractivity contribution in [3.63, 3.8) is 0 Å². The number of ketones is 1. The largest absolute Gasteiger partial charge is 0.358 e. The first-order valence-electron chi connectivity index (χ1n) is 7.48. The van der Waals surface area contributed by atoms with E-state index in [1.165, 1.54) is 21.9 Å². The highest BCUT2D eigenvalue weighted by Crippen LogP contribution is 2.36. The molecule has 1 heterocycles. The second kappa shape index (κ2) is 4.59. The number of benzene rings is 2. The van der Waals surface area contributed by atoms with Crippen molar-refractivity contribution in [1.82, 2.24) is 4.98 Å². The van der Waals surface area contributed by atoms with E-state index in [2.05, 4.69) is 47.4 Å². The molecule has 1 aliphatic rings. The van der Waals surface area contributed by atoms with Gasteiger partial charge in [-0.1, -0.05) is 42.5 Å². The lowest BCUT2D eigenvalue weighted by molar-refractivity contribution is 0.0972. The van der Waals surface area contributed by atoms with Crippen molar-refractivity contribution in [2.45, 2.75) is 26.2 Å². The summed E-state index contributed by atoms with van der Waals surface area (Å²) in [7, 11) is 0. The zero-order chi connectivity index (χ0) is 14.4. The summed E-state index contributed by atoms with van der Waals surface area (Å²) in [4.78, 5) is 15.7. The number of aromatic nitrogens is 1. The molecule has 0 radical (unpaired) electrons. The highest BCUT2D eigenvalue weighted by Gasteiger charge is 2.25. The molecule has 2 nitrogen and oxygen atoms in total. The monoisotopic (exact) mass is 275 g/mol. The number of Topliss-reactive ketones (excluding diaryl/α,β-unsaturated/α-hetero) is 1. The van der Waals surface area contributed by atoms with Gasteiger partial charge in [0, 0.05) is 23.2 Å². The van der Waals surface area contributed by atoms with Gasteiger partial charge in [-0.15, -0.1) is 0 Å². The summed E-state index contributed by atoms with van der Waals surface area (Å²) in [5.74, 6) is 0.288. The maximum Gasteiger partial charge on any atom is 0.164 e. The Morgan fingerprint density at radius 1 is 1.00 bits per heavy atom. The van der Waals surface area contributed by atoms with Gasteiger partial charge in [-0.3, -0.25) is 4.79 Å². The van der Waals surface area contributed by atoms with Crippen LogP contribution in [0.3, 0.4) is 0 Å². The van der Waals surface area contributed by atoms with Gasteiger partial charge in [0.2, 0.25) is 0 Å². The van der Waals surface area contributed by atoms with Gasteiger partial charge >= 0.3 is 0 Å². The third-order valence-electron chi connectivity index (χ3n) is 4.46. The van der Waals surface area contributed by atoms with Crippen LogP contribution in [0.2, 0.25) is 0 Å². The van der Waals surface area contributed by atoms with Crippen molar-refractivity contribution in [1.29, 1.82) is 0 Å². The average Bonchev–Trinajstić information content (AvgIpc) is 2.85. The van der Waals surface area contributed by atoms with E-state index in [9.17, 15) is 4.79 Å². The molecule has 0 aliphatic heterocycles. The SMILES string of the molecule is Cc1[nH]c(-c2cccc3ccccc23)c2c1C(=O)CCC2. The van der Waals surface area contributed by atoms with Gasteiger partial charge in [0.1, 0.15) is 0 Å². The molecule has 0 amide bonds. The predicted molar refractivity (Wildman–Crippen MR) is 85.7 cm³/mol. The summed E-state index contributed by atoms with van der Waals surface area (Å²) >= 11 is 0. The van der Waals surface area contributed by atoms with Crippen molar-refractivity contribution in [2.24, 2.45) is 0 Å². The van der Waals surface area contributed by atoms with Crippen LogP contribution in [0, 0.1) is 6.92 Å². The molecule has 1 aromatic heterocycles. The van der Waals surface area contributed by atoms with E-state index in [0.717, 1.165) is 29.8 Å². The number of aryl methyl sites for hydroxylation is 1. The van der Waals surface area contributed by atoms with Crippen LogP contribution in [-0.4, -0.2) is 10.8 Å². The number of hydrogen-bond donors (Lipinski definition) is 1. The fraction of sp³-hybridized carbons (Fsp3) is 0.211. The molecule has 4 rings (SSSR count). The second-order valence-corrected chi connectivity index (χ2v) is 5.78. The molecule has 1 aliphatic carbocycles. The van der Waals surface area contributed by atoms with Crippen molar-refractivity contribution < 1.29 is 4.79 Å². The first-order chi connectivity index (χ1) is 10.3. The van der Waals surface area contributed by atoms with Crippen LogP contribution >= 0.6 is 0 Å². The van der Waals surface area contributed by atoms with E-state index in [0.29, 0.717) is 6.42 Å². The van der Waals surface area contributed by atoms with E-state index in [1.54, 1.807) is 0 Å². The Labute approximate surface area is 123 Å². The first kappa shape index (κ1) is 12.4. The van der Waals surface area contributed by atoms with Crippen LogP contribution in [-0.2, 0) is 6.42 Å². The first-order valence-corrected chi connectivity index (χ1v) is 7.48. The maximum absolute atomic E-state index is 12.2. The molecule has 3 aromatic rings. The zero-order valence-corrected chi connectivity index (χ0v) is 12.1. The van der Waals surface area contributed by atoms with Gasteiger partial charge in [-0.2, -0.15) is 0 Å². The predicted octanol–water partition coefficient (Wildman–Crippen LogP) is 4.66. The van der Waals surface area contributed by atoms with Crippen LogP contribution in [0.25, 0.3) is 22.0 Å². The third-order valence-corrected chi connectivity index (χ3v) is 4.46. The summed E-state index contributed by atoms with van der Waals surface area (Å²) in [6.45, 7) is 2.01. The number of H-pyrrole nitrogens is 1. The van der Waals surface area contributed by atoms with Crippen LogP contribution in [0.1, 0.15) is 34.5 Å². The highest BCUT2D eigenvalue weighted by molar-refractivity contribution is 6.04. The Hall–Kier alpha value is -2.35. The molecule has 0 saturated carbocycles. The molecule has 0 bridgehead atoms. The number of hydrogen-bond acceptors (Lipinski definition) is 1. The minimum absolute atomic E-state index is 0.288. The fourth-order valence-electron chi connectivity index (χ4n) is 3.53. The van der Waals surface area contributed by atoms with Crippen molar-refractivity contribution in [3.05, 3.63) is 59.3 Å². The van der Waals surface area contributed by atoms with Crippen LogP contribution in [0.15, 0.2) is 42.5 Å². The van der Waals surface area contributed by atoms with Gasteiger partial charge in [0.25, 0.3) is 0 Å². The molecule has 2 heteroatoms. The topological polar surface area (TPSA) is 32.9 Å². The molecule has 2 aromatic carbocycles. The summed E-state index contributed by atoms with van der Waals surface area (Å²) in [5, 5.41) is 2.47. The van der Waals surface area contributed by atoms with E-state index < -0.39 is 0 Å². The van der Waals surface area contributed by atoms with Crippen LogP contribution < -0.4 is 0 Å². The molecular formula is C19H17NO. The number of nitrogens with one attached hydrogen (secondary N) is 1. The molecule has 1 N–H and O–H groups in total. The zero-order valence-electron chi connectivity index (χ0n) is 12.1. The van der Waals surface area contributed by atoms with Crippen molar-refractivity contribution >= 4 is 16.6 Å². The molecular weight excluding hydrogens is 258 g/mol. The lowest BCUT2D eigenvalue weighted by atomic mass is 9.89. The minimum Gasteiger partial charge on any atom is -0.358 e. The molecule has 0 spiro atoms. The number of carbonyl (C=O) groups excluding carboxylic acids is 1. The second-order valence-electron chi connectivity index (χ2n) is 5.78. The lowest BCUT2D eigenvalue weighted by Gasteiger charge is -2.13. The Morgan fingerprint density at radius 2 is 1.81 bits per heavy atom. The van der Waals surface area contributed by atoms with E-state index in [4.69, 9.17) is 0 Å². The van der Waals surface area contributed by atoms with E-state index >= 15 is 0 Å². The van der Waals surface area contributed by atoms with E-state index in [-0.39, 0.29) is 5.78 Å². The molecule has 0 saturated heterocycles. The van der Waals surface area contributed by atoms with Gasteiger partial charge in [-0.05, 0) is 36.1 Å². The Morgan fingerprint density at radius 3 is 2.71 bits per heavy atom. The van der Waals surface area contributed by atoms with Gasteiger partial charge < -0.3 is 4.98 Å². The Kier molecular flexibility index (Phi) is 2.71. The quantitative estimate of drug-likeness (QED) is 0.688. The fourth-order valence-corrected chi connectivity index (χ4v) is 3.53. The third kappa shape index (κ3) is 1.83. The Bertz CT molecular complexity index is 852. The highest BCUT2D eigenvalue weighted by atomic mass is 16.1. The standard InChI is InChI=1S/C19H17NO/c1-12-18-16(10-5-11-17(18)21)19(20-12)15-9-4-7-13-6-2-3-8-14(13)15/h2-4,6-9,20H,5,10-11H2,1H3. The smallest absolute Gasteiger partial charge is 0.164 e. The average molecular weight is 275 g/mol. The van der Waals surface area contributed by atoms with E-state index in [1.807, 2.05) is 6.92 Å². The number of rotatable bonds is 1. The summed E-state index contributed by atoms with van der Waals surface area (Å²) < 4.78 is 0. The summed E-state index contributed by atoms with van der Waals surface area (Å²) in [5.41, 5.74) is 5.49. The summed E-state index contributed by atoms with van der Waals surface area (Å²) in [6.07, 6.45) is 2.63. The van der Waals surface area contributed by atoms with Crippen molar-refractivity contribution in [3.8, 4) is 11.3 Å². The van der Waals surface area contributed by atoms with Crippen LogP contribution in [0.5, 0.6) is 0 Å². The van der Waals surface area contributed by atoms with Crippen molar-refractivity contribution in [2.75, 3.05) is 0 Å². The van der Waals surface area contributed by atoms with Gasteiger partial charge in [0.15, 0.2) is 5.78 Å². The van der Waals surface area contributed by atoms with Gasteiger partial charge in [0.05, 0.1) is 5.69 Å². The molecule has 0 fully saturated rings. The Balaban J connectivity index is 2.02. The maximum atomic E-state index is 12.2. The molecule has 0 atom stereocenters.